The number of amides is 2. The summed E-state index contributed by atoms with van der Waals surface area (Å²) in [5, 5.41) is 3.71. The van der Waals surface area contributed by atoms with E-state index in [0.29, 0.717) is 34.5 Å². The molecular weight excluding hydrogens is 408 g/mol. The van der Waals surface area contributed by atoms with Crippen molar-refractivity contribution in [1.82, 2.24) is 4.90 Å². The van der Waals surface area contributed by atoms with Crippen LogP contribution in [0.1, 0.15) is 52.4 Å². The molecule has 1 aliphatic heterocycles. The molecule has 2 amide bonds. The van der Waals surface area contributed by atoms with Gasteiger partial charge in [-0.15, -0.1) is 0 Å². The highest BCUT2D eigenvalue weighted by molar-refractivity contribution is 6.33. The van der Waals surface area contributed by atoms with Crippen LogP contribution in [0.25, 0.3) is 0 Å². The number of carbonyl (C=O) groups is 2. The molecule has 1 N–H and O–H groups in total. The van der Waals surface area contributed by atoms with E-state index in [2.05, 4.69) is 25.2 Å². The van der Waals surface area contributed by atoms with Gasteiger partial charge in [0.15, 0.2) is 0 Å². The minimum Gasteiger partial charge on any atom is -0.338 e. The molecule has 1 aromatic carbocycles. The molecule has 3 aliphatic carbocycles. The first kappa shape index (κ1) is 21.1. The predicted octanol–water partition coefficient (Wildman–Crippen LogP) is 5.53. The Morgan fingerprint density at radius 1 is 1.10 bits per heavy atom. The van der Waals surface area contributed by atoms with Crippen LogP contribution in [0.3, 0.4) is 0 Å². The van der Waals surface area contributed by atoms with Gasteiger partial charge >= 0.3 is 0 Å². The number of hydrogen-bond donors (Lipinski definition) is 1. The van der Waals surface area contributed by atoms with Crippen molar-refractivity contribution in [3.8, 4) is 0 Å². The molecule has 31 heavy (non-hydrogen) atoms. The second-order valence-electron chi connectivity index (χ2n) is 10.8. The number of nitrogens with one attached hydrogen (secondary N) is 1. The smallest absolute Gasteiger partial charge is 0.246 e. The first-order chi connectivity index (χ1) is 14.8. The van der Waals surface area contributed by atoms with Gasteiger partial charge in [0.05, 0.1) is 10.7 Å². The second kappa shape index (κ2) is 7.37. The van der Waals surface area contributed by atoms with Crippen LogP contribution < -0.4 is 5.32 Å². The van der Waals surface area contributed by atoms with Gasteiger partial charge in [-0.05, 0) is 79.9 Å². The highest BCUT2D eigenvalue weighted by Gasteiger charge is 2.61. The van der Waals surface area contributed by atoms with Crippen molar-refractivity contribution < 1.29 is 9.59 Å². The Kier molecular flexibility index (Phi) is 5.00. The van der Waals surface area contributed by atoms with Gasteiger partial charge in [0.25, 0.3) is 0 Å². The van der Waals surface area contributed by atoms with Crippen LogP contribution in [0.2, 0.25) is 5.02 Å². The van der Waals surface area contributed by atoms with Crippen LogP contribution in [0.5, 0.6) is 0 Å². The molecule has 0 aromatic heterocycles. The van der Waals surface area contributed by atoms with Crippen molar-refractivity contribution in [2.75, 3.05) is 12.4 Å². The molecule has 3 fully saturated rings. The maximum atomic E-state index is 13.3. The second-order valence-corrected chi connectivity index (χ2v) is 11.2. The molecule has 1 aromatic rings. The molecule has 0 spiro atoms. The summed E-state index contributed by atoms with van der Waals surface area (Å²) < 4.78 is 0. The van der Waals surface area contributed by atoms with E-state index in [1.807, 2.05) is 36.2 Å². The summed E-state index contributed by atoms with van der Waals surface area (Å²) in [6.07, 6.45) is 10.5. The average molecular weight is 441 g/mol. The number of anilines is 1. The Balaban J connectivity index is 1.38. The topological polar surface area (TPSA) is 49.4 Å². The van der Waals surface area contributed by atoms with Gasteiger partial charge in [-0.25, -0.2) is 0 Å². The maximum Gasteiger partial charge on any atom is 0.246 e. The standard InChI is InChI=1S/C26H33ClN2O2/c1-25-14-12-18-16(8-11-22-26(18,2)15-13-23(30)29(22)3)17(25)9-10-19(25)24(31)28-21-7-5-4-6-20(21)27/h4-7,13,15-19,22H,8-12,14H2,1-3H3,(H,28,31)/t16-,17-,18+,19?,22?,25-,26+/m0/s1. The third-order valence-corrected chi connectivity index (χ3v) is 9.91. The highest BCUT2D eigenvalue weighted by Crippen LogP contribution is 2.65. The fourth-order valence-electron chi connectivity index (χ4n) is 7.95. The SMILES string of the molecule is CN1C(=O)C=C[C@@]2(C)C1CC[C@@H]1[C@H]2CC[C@]2(C)C(C(=O)Nc3ccccc3Cl)CC[C@@H]12. The molecule has 166 valence electrons. The molecule has 2 unspecified atom stereocenters. The van der Waals surface area contributed by atoms with E-state index in [1.54, 1.807) is 6.08 Å². The molecule has 0 saturated heterocycles. The summed E-state index contributed by atoms with van der Waals surface area (Å²) >= 11 is 6.29. The Hall–Kier alpha value is -1.81. The van der Waals surface area contributed by atoms with Crippen LogP contribution in [0, 0.1) is 34.5 Å². The molecule has 0 bridgehead atoms. The quantitative estimate of drug-likeness (QED) is 0.656. The fourth-order valence-corrected chi connectivity index (χ4v) is 8.13. The molecular formula is C26H33ClN2O2. The van der Waals surface area contributed by atoms with Crippen LogP contribution in [-0.2, 0) is 9.59 Å². The average Bonchev–Trinajstić information content (AvgIpc) is 3.10. The van der Waals surface area contributed by atoms with E-state index in [-0.39, 0.29) is 28.6 Å². The Morgan fingerprint density at radius 3 is 2.65 bits per heavy atom. The lowest BCUT2D eigenvalue weighted by Crippen LogP contribution is -2.59. The summed E-state index contributed by atoms with van der Waals surface area (Å²) in [5.74, 6) is 2.08. The molecule has 5 rings (SSSR count). The number of benzene rings is 1. The number of rotatable bonds is 2. The van der Waals surface area contributed by atoms with Crippen molar-refractivity contribution in [3.63, 3.8) is 0 Å². The van der Waals surface area contributed by atoms with Gasteiger partial charge in [0.1, 0.15) is 0 Å². The molecule has 7 atom stereocenters. The zero-order valence-electron chi connectivity index (χ0n) is 18.7. The number of halogens is 1. The minimum atomic E-state index is 0.0337. The van der Waals surface area contributed by atoms with Gasteiger partial charge in [-0.3, -0.25) is 9.59 Å². The Bertz CT molecular complexity index is 945. The summed E-state index contributed by atoms with van der Waals surface area (Å²) in [6.45, 7) is 4.73. The number of carbonyl (C=O) groups excluding carboxylic acids is 2. The number of para-hydroxylation sites is 1. The van der Waals surface area contributed by atoms with E-state index in [9.17, 15) is 9.59 Å². The van der Waals surface area contributed by atoms with Crippen molar-refractivity contribution in [3.05, 3.63) is 41.4 Å². The van der Waals surface area contributed by atoms with E-state index in [1.165, 1.54) is 0 Å². The third-order valence-electron chi connectivity index (χ3n) is 9.58. The van der Waals surface area contributed by atoms with Crippen LogP contribution in [0.15, 0.2) is 36.4 Å². The van der Waals surface area contributed by atoms with Gasteiger partial charge in [-0.2, -0.15) is 0 Å². The van der Waals surface area contributed by atoms with E-state index < -0.39 is 0 Å². The molecule has 5 heteroatoms. The van der Waals surface area contributed by atoms with Crippen molar-refractivity contribution >= 4 is 29.1 Å². The van der Waals surface area contributed by atoms with E-state index in [0.717, 1.165) is 38.5 Å². The lowest BCUT2D eigenvalue weighted by molar-refractivity contribution is -0.141. The van der Waals surface area contributed by atoms with Crippen molar-refractivity contribution in [2.45, 2.75) is 58.4 Å². The molecule has 4 aliphatic rings. The lowest BCUT2D eigenvalue weighted by atomic mass is 9.47. The minimum absolute atomic E-state index is 0.0337. The normalized spacial score (nSPS) is 41.4. The number of likely N-dealkylation sites (N-methyl/N-ethyl adjacent to an activating group) is 1. The maximum absolute atomic E-state index is 13.3. The van der Waals surface area contributed by atoms with Crippen molar-refractivity contribution in [2.24, 2.45) is 34.5 Å². The zero-order valence-corrected chi connectivity index (χ0v) is 19.5. The lowest BCUT2D eigenvalue weighted by Gasteiger charge is -2.60. The number of fused-ring (bicyclic) bond motifs is 5. The summed E-state index contributed by atoms with van der Waals surface area (Å²) in [4.78, 5) is 27.6. The van der Waals surface area contributed by atoms with Crippen molar-refractivity contribution in [1.29, 1.82) is 0 Å². The Morgan fingerprint density at radius 2 is 1.87 bits per heavy atom. The highest BCUT2D eigenvalue weighted by atomic mass is 35.5. The summed E-state index contributed by atoms with van der Waals surface area (Å²) in [5.41, 5.74) is 0.795. The molecule has 0 radical (unpaired) electrons. The predicted molar refractivity (Wildman–Crippen MR) is 124 cm³/mol. The van der Waals surface area contributed by atoms with Gasteiger partial charge < -0.3 is 10.2 Å². The molecule has 1 heterocycles. The van der Waals surface area contributed by atoms with Crippen LogP contribution in [-0.4, -0.2) is 29.8 Å². The number of hydrogen-bond acceptors (Lipinski definition) is 2. The van der Waals surface area contributed by atoms with E-state index >= 15 is 0 Å². The summed E-state index contributed by atoms with van der Waals surface area (Å²) in [7, 11) is 1.96. The first-order valence-corrected chi connectivity index (χ1v) is 12.1. The van der Waals surface area contributed by atoms with E-state index in [4.69, 9.17) is 11.6 Å². The first-order valence-electron chi connectivity index (χ1n) is 11.8. The largest absolute Gasteiger partial charge is 0.338 e. The monoisotopic (exact) mass is 440 g/mol. The van der Waals surface area contributed by atoms with Gasteiger partial charge in [0.2, 0.25) is 11.8 Å². The fraction of sp³-hybridized carbons (Fsp3) is 0.615. The van der Waals surface area contributed by atoms with Gasteiger partial charge in [-0.1, -0.05) is 43.7 Å². The van der Waals surface area contributed by atoms with Crippen LogP contribution >= 0.6 is 11.6 Å². The molecule has 3 saturated carbocycles. The third kappa shape index (κ3) is 3.08. The van der Waals surface area contributed by atoms with Crippen LogP contribution in [0.4, 0.5) is 5.69 Å². The molecule has 4 nitrogen and oxygen atoms in total. The van der Waals surface area contributed by atoms with Gasteiger partial charge in [0, 0.05) is 24.4 Å². The zero-order chi connectivity index (χ0) is 22.0. The number of nitrogens with zero attached hydrogens (tertiary/aromatic N) is 1. The summed E-state index contributed by atoms with van der Waals surface area (Å²) in [6, 6.07) is 7.79. The Labute approximate surface area is 190 Å².